The van der Waals surface area contributed by atoms with Crippen LogP contribution in [0.1, 0.15) is 61.8 Å². The van der Waals surface area contributed by atoms with Gasteiger partial charge in [0.15, 0.2) is 0 Å². The summed E-state index contributed by atoms with van der Waals surface area (Å²) in [5, 5.41) is 8.13. The summed E-state index contributed by atoms with van der Waals surface area (Å²) in [4.78, 5) is 36.6. The van der Waals surface area contributed by atoms with Crippen LogP contribution in [0.3, 0.4) is 0 Å². The van der Waals surface area contributed by atoms with E-state index in [1.807, 2.05) is 27.7 Å². The molecule has 0 unspecified atom stereocenters. The normalized spacial score (nSPS) is 12.8. The Morgan fingerprint density at radius 1 is 1.00 bits per heavy atom. The minimum atomic E-state index is -0.786. The van der Waals surface area contributed by atoms with Crippen LogP contribution in [0.15, 0.2) is 36.4 Å². The molecular weight excluding hydrogens is 422 g/mol. The van der Waals surface area contributed by atoms with Crippen LogP contribution >= 0.6 is 0 Å². The smallest absolute Gasteiger partial charge is 0.408 e. The van der Waals surface area contributed by atoms with Crippen molar-refractivity contribution in [3.63, 3.8) is 0 Å². The van der Waals surface area contributed by atoms with Crippen LogP contribution in [0.2, 0.25) is 0 Å². The van der Waals surface area contributed by atoms with E-state index in [4.69, 9.17) is 9.47 Å². The van der Waals surface area contributed by atoms with E-state index in [0.29, 0.717) is 17.9 Å². The fraction of sp³-hybridized carbons (Fsp3) is 0.560. The van der Waals surface area contributed by atoms with E-state index in [0.717, 1.165) is 0 Å². The van der Waals surface area contributed by atoms with Crippen LogP contribution in [-0.4, -0.2) is 42.7 Å². The maximum absolute atomic E-state index is 12.5. The summed E-state index contributed by atoms with van der Waals surface area (Å²) in [6, 6.07) is 5.83. The molecule has 0 aromatic heterocycles. The number of alkyl carbamates (subject to hydrolysis) is 1. The van der Waals surface area contributed by atoms with Gasteiger partial charge < -0.3 is 25.4 Å². The number of nitrogens with one attached hydrogen (secondary N) is 3. The van der Waals surface area contributed by atoms with Gasteiger partial charge in [-0.2, -0.15) is 0 Å². The standard InChI is InChI=1S/C23H35N3O5.C2H6/c1-15(2)14-18(26-21(28)16(3)24-22(29)31-23(4,5)6)10-13-20(27)25-17-8-11-19(30-7)12-9-17;1-2/h8-13,15-16,18H,14H2,1-7H3,(H,24,29)(H,25,27)(H,26,28);1-2H3/b13-10+;/t16-,18+;/m0./s1. The van der Waals surface area contributed by atoms with E-state index in [-0.39, 0.29) is 23.8 Å². The molecule has 8 nitrogen and oxygen atoms in total. The minimum Gasteiger partial charge on any atom is -0.497 e. The highest BCUT2D eigenvalue weighted by atomic mass is 16.6. The largest absolute Gasteiger partial charge is 0.497 e. The summed E-state index contributed by atoms with van der Waals surface area (Å²) in [7, 11) is 1.57. The number of ether oxygens (including phenoxy) is 2. The number of benzene rings is 1. The van der Waals surface area contributed by atoms with E-state index >= 15 is 0 Å². The minimum absolute atomic E-state index is 0.286. The number of carbonyl (C=O) groups is 3. The zero-order valence-electron chi connectivity index (χ0n) is 21.4. The van der Waals surface area contributed by atoms with Gasteiger partial charge in [-0.15, -0.1) is 0 Å². The van der Waals surface area contributed by atoms with Crippen LogP contribution in [0.5, 0.6) is 5.75 Å². The first kappa shape index (κ1) is 30.0. The van der Waals surface area contributed by atoms with Gasteiger partial charge in [0, 0.05) is 17.8 Å². The molecule has 3 amide bonds. The van der Waals surface area contributed by atoms with E-state index in [2.05, 4.69) is 16.0 Å². The quantitative estimate of drug-likeness (QED) is 0.462. The molecule has 0 aliphatic rings. The number of amides is 3. The van der Waals surface area contributed by atoms with Crippen molar-refractivity contribution in [2.45, 2.75) is 79.5 Å². The van der Waals surface area contributed by atoms with Gasteiger partial charge in [-0.1, -0.05) is 33.8 Å². The predicted octanol–water partition coefficient (Wildman–Crippen LogP) is 4.66. The molecule has 0 radical (unpaired) electrons. The van der Waals surface area contributed by atoms with Crippen molar-refractivity contribution in [2.75, 3.05) is 12.4 Å². The van der Waals surface area contributed by atoms with Crippen LogP contribution in [-0.2, 0) is 14.3 Å². The average Bonchev–Trinajstić information content (AvgIpc) is 2.72. The molecule has 0 bridgehead atoms. The number of hydrogen-bond donors (Lipinski definition) is 3. The molecule has 1 aromatic carbocycles. The number of rotatable bonds is 9. The first-order valence-corrected chi connectivity index (χ1v) is 11.3. The van der Waals surface area contributed by atoms with Crippen molar-refractivity contribution in [1.82, 2.24) is 10.6 Å². The molecule has 0 saturated carbocycles. The van der Waals surface area contributed by atoms with Gasteiger partial charge in [0.2, 0.25) is 11.8 Å². The van der Waals surface area contributed by atoms with Crippen LogP contribution < -0.4 is 20.7 Å². The highest BCUT2D eigenvalue weighted by molar-refractivity contribution is 5.99. The molecular formula is C25H41N3O5. The summed E-state index contributed by atoms with van der Waals surface area (Å²) in [6.07, 6.45) is 3.02. The second kappa shape index (κ2) is 14.9. The van der Waals surface area contributed by atoms with Gasteiger partial charge >= 0.3 is 6.09 Å². The Labute approximate surface area is 198 Å². The van der Waals surface area contributed by atoms with Crippen molar-refractivity contribution >= 4 is 23.6 Å². The van der Waals surface area contributed by atoms with Crippen LogP contribution in [0.4, 0.5) is 10.5 Å². The molecule has 0 aliphatic carbocycles. The highest BCUT2D eigenvalue weighted by Crippen LogP contribution is 2.15. The second-order valence-corrected chi connectivity index (χ2v) is 8.69. The van der Waals surface area contributed by atoms with Gasteiger partial charge in [-0.3, -0.25) is 9.59 Å². The molecule has 1 rings (SSSR count). The molecule has 2 atom stereocenters. The maximum Gasteiger partial charge on any atom is 0.408 e. The Morgan fingerprint density at radius 2 is 1.58 bits per heavy atom. The van der Waals surface area contributed by atoms with E-state index in [1.54, 1.807) is 65.1 Å². The first-order chi connectivity index (χ1) is 15.4. The summed E-state index contributed by atoms with van der Waals surface area (Å²) in [6.45, 7) is 14.9. The highest BCUT2D eigenvalue weighted by Gasteiger charge is 2.22. The Hall–Kier alpha value is -3.03. The lowest BCUT2D eigenvalue weighted by Crippen LogP contribution is -2.49. The van der Waals surface area contributed by atoms with Crippen molar-refractivity contribution in [3.05, 3.63) is 36.4 Å². The van der Waals surface area contributed by atoms with Gasteiger partial charge in [0.05, 0.1) is 7.11 Å². The lowest BCUT2D eigenvalue weighted by molar-refractivity contribution is -0.123. The third-order valence-electron chi connectivity index (χ3n) is 4.02. The summed E-state index contributed by atoms with van der Waals surface area (Å²) < 4.78 is 10.3. The zero-order valence-corrected chi connectivity index (χ0v) is 21.4. The number of hydrogen-bond acceptors (Lipinski definition) is 5. The number of carbonyl (C=O) groups excluding carboxylic acids is 3. The van der Waals surface area contributed by atoms with E-state index in [1.165, 1.54) is 6.08 Å². The molecule has 1 aromatic rings. The Bertz CT molecular complexity index is 767. The zero-order chi connectivity index (χ0) is 25.6. The molecule has 0 spiro atoms. The summed E-state index contributed by atoms with van der Waals surface area (Å²) >= 11 is 0. The van der Waals surface area contributed by atoms with Crippen molar-refractivity contribution in [3.8, 4) is 5.75 Å². The fourth-order valence-corrected chi connectivity index (χ4v) is 2.61. The molecule has 8 heteroatoms. The van der Waals surface area contributed by atoms with Crippen LogP contribution in [0.25, 0.3) is 0 Å². The number of methoxy groups -OCH3 is 1. The molecule has 0 fully saturated rings. The lowest BCUT2D eigenvalue weighted by Gasteiger charge is -2.23. The van der Waals surface area contributed by atoms with Crippen molar-refractivity contribution < 1.29 is 23.9 Å². The van der Waals surface area contributed by atoms with Gasteiger partial charge in [-0.05, 0) is 64.3 Å². The predicted molar refractivity (Wildman–Crippen MR) is 132 cm³/mol. The van der Waals surface area contributed by atoms with Gasteiger partial charge in [-0.25, -0.2) is 4.79 Å². The Balaban J connectivity index is 0.00000497. The van der Waals surface area contributed by atoms with Crippen molar-refractivity contribution in [1.29, 1.82) is 0 Å². The Kier molecular flexibility index (Phi) is 13.6. The second-order valence-electron chi connectivity index (χ2n) is 8.69. The monoisotopic (exact) mass is 463 g/mol. The fourth-order valence-electron chi connectivity index (χ4n) is 2.61. The molecule has 186 valence electrons. The topological polar surface area (TPSA) is 106 Å². The molecule has 3 N–H and O–H groups in total. The third-order valence-corrected chi connectivity index (χ3v) is 4.02. The summed E-state index contributed by atoms with van der Waals surface area (Å²) in [5.41, 5.74) is -0.0180. The summed E-state index contributed by atoms with van der Waals surface area (Å²) in [5.74, 6) is 0.306. The molecule has 0 saturated heterocycles. The van der Waals surface area contributed by atoms with Gasteiger partial charge in [0.25, 0.3) is 0 Å². The molecule has 33 heavy (non-hydrogen) atoms. The van der Waals surface area contributed by atoms with Crippen LogP contribution in [0, 0.1) is 5.92 Å². The SMILES string of the molecule is CC.COc1ccc(NC(=O)/C=C/[C@H](CC(C)C)NC(=O)[C@H](C)NC(=O)OC(C)(C)C)cc1. The maximum atomic E-state index is 12.5. The van der Waals surface area contributed by atoms with Gasteiger partial charge in [0.1, 0.15) is 17.4 Å². The number of anilines is 1. The first-order valence-electron chi connectivity index (χ1n) is 11.3. The third kappa shape index (κ3) is 13.9. The van der Waals surface area contributed by atoms with E-state index in [9.17, 15) is 14.4 Å². The van der Waals surface area contributed by atoms with E-state index < -0.39 is 17.7 Å². The lowest BCUT2D eigenvalue weighted by atomic mass is 10.0. The van der Waals surface area contributed by atoms with Crippen molar-refractivity contribution in [2.24, 2.45) is 5.92 Å². The molecule has 0 heterocycles. The molecule has 0 aliphatic heterocycles. The Morgan fingerprint density at radius 3 is 2.06 bits per heavy atom. The average molecular weight is 464 g/mol.